The number of hydrogen-bond acceptors (Lipinski definition) is 4. The predicted octanol–water partition coefficient (Wildman–Crippen LogP) is 4.14. The standard InChI is InChI=1S/C25H28BClFNO4/c1-5-33-19-11-14(9-15-7-6-8-18(27)21(15)28)10-16-22(19)29(20(13-30)25(2,3)4)12-17(23(16)31)24(26)32/h6-8,10-12,20,30H,5,9,13,26H2,1-4H3/t20-/m1/s1. The molecular weight excluding hydrogens is 444 g/mol. The lowest BCUT2D eigenvalue weighted by atomic mass is 9.85. The molecule has 0 radical (unpaired) electrons. The lowest BCUT2D eigenvalue weighted by Gasteiger charge is -2.33. The molecule has 0 saturated carbocycles. The molecule has 8 heteroatoms. The van der Waals surface area contributed by atoms with Gasteiger partial charge in [0.2, 0.25) is 0 Å². The zero-order valence-corrected chi connectivity index (χ0v) is 20.3. The minimum absolute atomic E-state index is 0.0236. The molecule has 0 fully saturated rings. The summed E-state index contributed by atoms with van der Waals surface area (Å²) < 4.78 is 22.2. The lowest BCUT2D eigenvalue weighted by molar-refractivity contribution is 0.107. The van der Waals surface area contributed by atoms with Crippen molar-refractivity contribution in [2.75, 3.05) is 13.2 Å². The summed E-state index contributed by atoms with van der Waals surface area (Å²) in [6.45, 7) is 7.90. The summed E-state index contributed by atoms with van der Waals surface area (Å²) in [5.74, 6) is -0.0810. The molecule has 3 rings (SSSR count). The first-order chi connectivity index (χ1) is 15.5. The second-order valence-electron chi connectivity index (χ2n) is 9.21. The Hall–Kier alpha value is -2.64. The number of rotatable bonds is 7. The third kappa shape index (κ3) is 4.99. The fourth-order valence-corrected chi connectivity index (χ4v) is 4.25. The second kappa shape index (κ2) is 9.70. The summed E-state index contributed by atoms with van der Waals surface area (Å²) >= 11 is 5.94. The van der Waals surface area contributed by atoms with Crippen molar-refractivity contribution in [3.8, 4) is 5.75 Å². The number of halogens is 2. The highest BCUT2D eigenvalue weighted by atomic mass is 35.5. The number of benzene rings is 2. The van der Waals surface area contributed by atoms with Gasteiger partial charge in [-0.15, -0.1) is 0 Å². The van der Waals surface area contributed by atoms with Crippen LogP contribution in [0.15, 0.2) is 41.3 Å². The maximum Gasteiger partial charge on any atom is 0.199 e. The minimum atomic E-state index is -0.514. The van der Waals surface area contributed by atoms with Gasteiger partial charge in [-0.3, -0.25) is 4.79 Å². The zero-order valence-electron chi connectivity index (χ0n) is 19.5. The molecule has 2 aromatic carbocycles. The van der Waals surface area contributed by atoms with Crippen LogP contribution in [0.3, 0.4) is 0 Å². The molecule has 1 aromatic heterocycles. The molecule has 174 valence electrons. The molecule has 0 aliphatic carbocycles. The van der Waals surface area contributed by atoms with Gasteiger partial charge in [0.1, 0.15) is 17.2 Å². The maximum atomic E-state index is 14.5. The summed E-state index contributed by atoms with van der Waals surface area (Å²) in [5, 5.41) is 10.5. The van der Waals surface area contributed by atoms with Gasteiger partial charge in [-0.1, -0.05) is 44.5 Å². The van der Waals surface area contributed by atoms with E-state index >= 15 is 0 Å². The Morgan fingerprint density at radius 1 is 1.30 bits per heavy atom. The molecule has 0 saturated heterocycles. The summed E-state index contributed by atoms with van der Waals surface area (Å²) in [7, 11) is 1.34. The number of fused-ring (bicyclic) bond motifs is 1. The monoisotopic (exact) mass is 471 g/mol. The molecule has 0 spiro atoms. The van der Waals surface area contributed by atoms with Crippen LogP contribution in [0.2, 0.25) is 5.02 Å². The Morgan fingerprint density at radius 3 is 2.58 bits per heavy atom. The van der Waals surface area contributed by atoms with E-state index in [1.807, 2.05) is 27.7 Å². The Kier molecular flexibility index (Phi) is 7.34. The van der Waals surface area contributed by atoms with Crippen molar-refractivity contribution in [3.05, 3.63) is 74.3 Å². The van der Waals surface area contributed by atoms with E-state index in [2.05, 4.69) is 0 Å². The Bertz CT molecular complexity index is 1270. The van der Waals surface area contributed by atoms with E-state index in [-0.39, 0.29) is 40.1 Å². The van der Waals surface area contributed by atoms with E-state index in [9.17, 15) is 19.1 Å². The van der Waals surface area contributed by atoms with Crippen molar-refractivity contribution in [3.63, 3.8) is 0 Å². The quantitative estimate of drug-likeness (QED) is 0.526. The van der Waals surface area contributed by atoms with E-state index < -0.39 is 17.3 Å². The van der Waals surface area contributed by atoms with Crippen molar-refractivity contribution >= 4 is 36.0 Å². The van der Waals surface area contributed by atoms with Crippen molar-refractivity contribution in [1.82, 2.24) is 4.57 Å². The first-order valence-electron chi connectivity index (χ1n) is 10.9. The van der Waals surface area contributed by atoms with E-state index in [0.717, 1.165) is 0 Å². The van der Waals surface area contributed by atoms with Gasteiger partial charge in [0.15, 0.2) is 13.3 Å². The lowest BCUT2D eigenvalue weighted by Crippen LogP contribution is -2.31. The van der Waals surface area contributed by atoms with Crippen LogP contribution in [-0.4, -0.2) is 36.4 Å². The van der Waals surface area contributed by atoms with Crippen molar-refractivity contribution in [2.45, 2.75) is 40.2 Å². The van der Waals surface area contributed by atoms with E-state index in [1.54, 1.807) is 28.8 Å². The number of aliphatic hydroxyl groups is 1. The topological polar surface area (TPSA) is 68.5 Å². The number of hydrogen-bond donors (Lipinski definition) is 1. The maximum absolute atomic E-state index is 14.5. The molecule has 33 heavy (non-hydrogen) atoms. The van der Waals surface area contributed by atoms with Crippen LogP contribution in [0.25, 0.3) is 10.9 Å². The fourth-order valence-electron chi connectivity index (χ4n) is 4.06. The number of aromatic nitrogens is 1. The van der Waals surface area contributed by atoms with Crippen LogP contribution in [0.1, 0.15) is 55.2 Å². The van der Waals surface area contributed by atoms with Gasteiger partial charge in [0, 0.05) is 12.6 Å². The van der Waals surface area contributed by atoms with Gasteiger partial charge in [-0.05, 0) is 41.7 Å². The molecule has 1 N–H and O–H groups in total. The smallest absolute Gasteiger partial charge is 0.199 e. The van der Waals surface area contributed by atoms with Crippen molar-refractivity contribution in [1.29, 1.82) is 0 Å². The van der Waals surface area contributed by atoms with Gasteiger partial charge < -0.3 is 19.2 Å². The number of carbonyl (C=O) groups excluding carboxylic acids is 1. The van der Waals surface area contributed by atoms with E-state index in [4.69, 9.17) is 16.3 Å². The summed E-state index contributed by atoms with van der Waals surface area (Å²) in [4.78, 5) is 25.6. The first-order valence-corrected chi connectivity index (χ1v) is 11.3. The van der Waals surface area contributed by atoms with Crippen LogP contribution in [0.4, 0.5) is 4.39 Å². The third-order valence-corrected chi connectivity index (χ3v) is 6.06. The number of aliphatic hydroxyl groups excluding tert-OH is 1. The number of carbonyl (C=O) groups is 1. The largest absolute Gasteiger partial charge is 0.492 e. The highest BCUT2D eigenvalue weighted by molar-refractivity contribution is 6.62. The SMILES string of the molecule is BC(=O)c1cn([C@H](CO)C(C)(C)C)c2c(OCC)cc(Cc3cccc(Cl)c3F)cc2c1=O. The van der Waals surface area contributed by atoms with Crippen LogP contribution in [0, 0.1) is 11.2 Å². The molecule has 0 unspecified atom stereocenters. The summed E-state index contributed by atoms with van der Waals surface area (Å²) in [5.41, 5.74) is 0.383. The van der Waals surface area contributed by atoms with E-state index in [1.165, 1.54) is 20.1 Å². The fraction of sp³-hybridized carbons (Fsp3) is 0.360. The number of ether oxygens (including phenoxy) is 1. The number of pyridine rings is 1. The van der Waals surface area contributed by atoms with Crippen molar-refractivity contribution < 1.29 is 19.0 Å². The Labute approximate surface area is 198 Å². The molecule has 0 bridgehead atoms. The average Bonchev–Trinajstić information content (AvgIpc) is 2.72. The predicted molar refractivity (Wildman–Crippen MR) is 132 cm³/mol. The minimum Gasteiger partial charge on any atom is -0.492 e. The summed E-state index contributed by atoms with van der Waals surface area (Å²) in [6.07, 6.45) is 1.70. The van der Waals surface area contributed by atoms with Crippen LogP contribution < -0.4 is 10.2 Å². The molecule has 0 aliphatic heterocycles. The second-order valence-corrected chi connectivity index (χ2v) is 9.62. The Morgan fingerprint density at radius 2 is 2.00 bits per heavy atom. The molecule has 0 amide bonds. The van der Waals surface area contributed by atoms with Gasteiger partial charge in [0.25, 0.3) is 0 Å². The molecule has 1 heterocycles. The molecule has 3 aromatic rings. The van der Waals surface area contributed by atoms with Crippen LogP contribution in [0.5, 0.6) is 5.75 Å². The normalized spacial score (nSPS) is 12.7. The molecule has 5 nitrogen and oxygen atoms in total. The van der Waals surface area contributed by atoms with Crippen LogP contribution >= 0.6 is 11.6 Å². The zero-order chi connectivity index (χ0) is 24.5. The van der Waals surface area contributed by atoms with E-state index in [0.29, 0.717) is 29.0 Å². The van der Waals surface area contributed by atoms with Gasteiger partial charge in [-0.25, -0.2) is 4.39 Å². The van der Waals surface area contributed by atoms with Gasteiger partial charge >= 0.3 is 0 Å². The average molecular weight is 472 g/mol. The third-order valence-electron chi connectivity index (χ3n) is 5.76. The highest BCUT2D eigenvalue weighted by Crippen LogP contribution is 2.36. The first kappa shape index (κ1) is 25.0. The van der Waals surface area contributed by atoms with Gasteiger partial charge in [-0.2, -0.15) is 0 Å². The molecule has 1 atom stereocenters. The van der Waals surface area contributed by atoms with Crippen LogP contribution in [-0.2, 0) is 6.42 Å². The highest BCUT2D eigenvalue weighted by Gasteiger charge is 2.29. The Balaban J connectivity index is 2.37. The van der Waals surface area contributed by atoms with Crippen molar-refractivity contribution in [2.24, 2.45) is 5.41 Å². The molecule has 0 aliphatic rings. The molecular formula is C25H28BClFNO4. The van der Waals surface area contributed by atoms with Gasteiger partial charge in [0.05, 0.1) is 40.7 Å². The number of nitrogens with zero attached hydrogens (tertiary/aromatic N) is 1. The summed E-state index contributed by atoms with van der Waals surface area (Å²) in [6, 6.07) is 7.80.